The van der Waals surface area contributed by atoms with Crippen LogP contribution in [0.1, 0.15) is 11.1 Å². The molecule has 0 saturated carbocycles. The van der Waals surface area contributed by atoms with Crippen LogP contribution in [0.5, 0.6) is 0 Å². The molecule has 1 aliphatic rings. The Bertz CT molecular complexity index is 572. The van der Waals surface area contributed by atoms with Crippen LogP contribution in [0.4, 0.5) is 0 Å². The standard InChI is InChI=1S/C8H6Cl2N2O3S/c9-7-5-3-1-2-4-6(5)8(10,12-11-7)16(13,14)15/h1-4,12H,(H,13,14,15). The second kappa shape index (κ2) is 3.59. The molecule has 2 rings (SSSR count). The van der Waals surface area contributed by atoms with Gasteiger partial charge in [-0.3, -0.25) is 9.98 Å². The highest BCUT2D eigenvalue weighted by Crippen LogP contribution is 2.37. The zero-order chi connectivity index (χ0) is 12.0. The number of alkyl halides is 1. The summed E-state index contributed by atoms with van der Waals surface area (Å²) in [7, 11) is -4.57. The summed E-state index contributed by atoms with van der Waals surface area (Å²) in [5, 5.41) is 3.63. The van der Waals surface area contributed by atoms with Gasteiger partial charge in [0.05, 0.1) is 0 Å². The van der Waals surface area contributed by atoms with Gasteiger partial charge in [-0.05, 0) is 0 Å². The number of rotatable bonds is 1. The Morgan fingerprint density at radius 2 is 2.00 bits per heavy atom. The fraction of sp³-hybridized carbons (Fsp3) is 0.125. The van der Waals surface area contributed by atoms with Crippen LogP contribution < -0.4 is 5.43 Å². The number of hydrazone groups is 1. The van der Waals surface area contributed by atoms with Crippen molar-refractivity contribution in [3.05, 3.63) is 35.4 Å². The van der Waals surface area contributed by atoms with Crippen LogP contribution in [0.3, 0.4) is 0 Å². The lowest BCUT2D eigenvalue weighted by molar-refractivity contribution is 0.439. The van der Waals surface area contributed by atoms with Gasteiger partial charge in [0, 0.05) is 11.1 Å². The van der Waals surface area contributed by atoms with Gasteiger partial charge in [-0.1, -0.05) is 47.5 Å². The van der Waals surface area contributed by atoms with E-state index in [1.807, 2.05) is 0 Å². The maximum Gasteiger partial charge on any atom is 0.310 e. The first-order valence-electron chi connectivity index (χ1n) is 4.12. The Labute approximate surface area is 102 Å². The first-order chi connectivity index (χ1) is 7.36. The van der Waals surface area contributed by atoms with Gasteiger partial charge in [0.15, 0.2) is 5.17 Å². The molecule has 1 aromatic rings. The van der Waals surface area contributed by atoms with E-state index in [4.69, 9.17) is 27.8 Å². The minimum absolute atomic E-state index is 0.0792. The number of nitrogens with one attached hydrogen (secondary N) is 1. The Kier molecular flexibility index (Phi) is 2.62. The minimum Gasteiger partial charge on any atom is -0.282 e. The third-order valence-corrected chi connectivity index (χ3v) is 4.33. The second-order valence-corrected chi connectivity index (χ2v) is 5.84. The van der Waals surface area contributed by atoms with Crippen LogP contribution in [-0.2, 0) is 14.4 Å². The van der Waals surface area contributed by atoms with E-state index in [-0.39, 0.29) is 10.7 Å². The van der Waals surface area contributed by atoms with E-state index >= 15 is 0 Å². The van der Waals surface area contributed by atoms with Crippen molar-refractivity contribution in [2.45, 2.75) is 4.33 Å². The third-order valence-electron chi connectivity index (χ3n) is 2.15. The number of fused-ring (bicyclic) bond motifs is 1. The van der Waals surface area contributed by atoms with Crippen molar-refractivity contribution in [2.24, 2.45) is 5.10 Å². The average Bonchev–Trinajstić information content (AvgIpc) is 2.23. The average molecular weight is 281 g/mol. The van der Waals surface area contributed by atoms with Crippen molar-refractivity contribution < 1.29 is 13.0 Å². The Hall–Kier alpha value is -0.820. The molecular formula is C8H6Cl2N2O3S. The van der Waals surface area contributed by atoms with Gasteiger partial charge in [-0.25, -0.2) is 0 Å². The van der Waals surface area contributed by atoms with Gasteiger partial charge < -0.3 is 0 Å². The highest BCUT2D eigenvalue weighted by atomic mass is 35.5. The Balaban J connectivity index is 2.74. The SMILES string of the molecule is O=S(=O)(O)C1(Cl)NN=C(Cl)c2ccccc21. The van der Waals surface area contributed by atoms with Crippen molar-refractivity contribution in [1.29, 1.82) is 0 Å². The maximum atomic E-state index is 11.2. The van der Waals surface area contributed by atoms with Gasteiger partial charge in [0.1, 0.15) is 0 Å². The lowest BCUT2D eigenvalue weighted by atomic mass is 10.1. The molecule has 0 spiro atoms. The molecule has 1 atom stereocenters. The van der Waals surface area contributed by atoms with E-state index < -0.39 is 14.4 Å². The molecule has 0 amide bonds. The lowest BCUT2D eigenvalue weighted by Crippen LogP contribution is -2.45. The summed E-state index contributed by atoms with van der Waals surface area (Å²) in [6.45, 7) is 0. The normalized spacial score (nSPS) is 24.3. The van der Waals surface area contributed by atoms with Crippen LogP contribution in [-0.4, -0.2) is 18.1 Å². The molecule has 0 fully saturated rings. The number of benzene rings is 1. The van der Waals surface area contributed by atoms with Crippen molar-refractivity contribution in [3.8, 4) is 0 Å². The van der Waals surface area contributed by atoms with Crippen molar-refractivity contribution in [2.75, 3.05) is 0 Å². The topological polar surface area (TPSA) is 78.8 Å². The van der Waals surface area contributed by atoms with Crippen LogP contribution in [0.15, 0.2) is 29.4 Å². The first-order valence-corrected chi connectivity index (χ1v) is 6.32. The molecule has 1 aliphatic heterocycles. The van der Waals surface area contributed by atoms with E-state index in [1.54, 1.807) is 18.2 Å². The molecule has 5 nitrogen and oxygen atoms in total. The molecule has 8 heteroatoms. The van der Waals surface area contributed by atoms with E-state index in [2.05, 4.69) is 10.5 Å². The molecular weight excluding hydrogens is 275 g/mol. The van der Waals surface area contributed by atoms with E-state index in [0.29, 0.717) is 5.56 Å². The van der Waals surface area contributed by atoms with Crippen LogP contribution in [0, 0.1) is 0 Å². The zero-order valence-electron chi connectivity index (χ0n) is 7.68. The predicted molar refractivity (Wildman–Crippen MR) is 61.0 cm³/mol. The smallest absolute Gasteiger partial charge is 0.282 e. The Morgan fingerprint density at radius 1 is 1.38 bits per heavy atom. The maximum absolute atomic E-state index is 11.2. The quantitative estimate of drug-likeness (QED) is 0.463. The summed E-state index contributed by atoms with van der Waals surface area (Å²) < 4.78 is 29.4. The predicted octanol–water partition coefficient (Wildman–Crippen LogP) is 1.43. The highest BCUT2D eigenvalue weighted by Gasteiger charge is 2.47. The lowest BCUT2D eigenvalue weighted by Gasteiger charge is -2.28. The zero-order valence-corrected chi connectivity index (χ0v) is 10.0. The monoisotopic (exact) mass is 280 g/mol. The molecule has 0 bridgehead atoms. The molecule has 1 heterocycles. The highest BCUT2D eigenvalue weighted by molar-refractivity contribution is 7.88. The van der Waals surface area contributed by atoms with Crippen molar-refractivity contribution in [3.63, 3.8) is 0 Å². The van der Waals surface area contributed by atoms with Gasteiger partial charge in [-0.2, -0.15) is 13.5 Å². The number of halogens is 2. The van der Waals surface area contributed by atoms with Gasteiger partial charge in [-0.15, -0.1) is 0 Å². The summed E-state index contributed by atoms with van der Waals surface area (Å²) in [5.41, 5.74) is 2.62. The Morgan fingerprint density at radius 3 is 2.62 bits per heavy atom. The minimum atomic E-state index is -4.57. The summed E-state index contributed by atoms with van der Waals surface area (Å²) >= 11 is 11.6. The fourth-order valence-electron chi connectivity index (χ4n) is 1.38. The van der Waals surface area contributed by atoms with Crippen LogP contribution in [0.25, 0.3) is 0 Å². The number of hydrogen-bond acceptors (Lipinski definition) is 4. The molecule has 0 aliphatic carbocycles. The van der Waals surface area contributed by atoms with Crippen molar-refractivity contribution >= 4 is 38.5 Å². The molecule has 0 aromatic heterocycles. The number of hydrogen-bond donors (Lipinski definition) is 2. The van der Waals surface area contributed by atoms with Gasteiger partial charge >= 0.3 is 10.1 Å². The largest absolute Gasteiger partial charge is 0.310 e. The third kappa shape index (κ3) is 1.58. The summed E-state index contributed by atoms with van der Waals surface area (Å²) in [4.78, 5) is 0. The molecule has 1 aromatic carbocycles. The molecule has 2 N–H and O–H groups in total. The summed E-state index contributed by atoms with van der Waals surface area (Å²) in [6.07, 6.45) is 0. The fourth-order valence-corrected chi connectivity index (χ4v) is 2.41. The molecule has 86 valence electrons. The molecule has 0 radical (unpaired) electrons. The molecule has 1 unspecified atom stereocenters. The van der Waals surface area contributed by atoms with Crippen LogP contribution >= 0.6 is 23.2 Å². The van der Waals surface area contributed by atoms with E-state index in [9.17, 15) is 8.42 Å². The molecule has 16 heavy (non-hydrogen) atoms. The summed E-state index contributed by atoms with van der Waals surface area (Å²) in [5.74, 6) is 0. The second-order valence-electron chi connectivity index (χ2n) is 3.13. The van der Waals surface area contributed by atoms with Crippen molar-refractivity contribution in [1.82, 2.24) is 5.43 Å². The summed E-state index contributed by atoms with van der Waals surface area (Å²) in [6, 6.07) is 6.24. The van der Waals surface area contributed by atoms with E-state index in [0.717, 1.165) is 0 Å². The van der Waals surface area contributed by atoms with E-state index in [1.165, 1.54) is 6.07 Å². The first kappa shape index (κ1) is 11.7. The van der Waals surface area contributed by atoms with Gasteiger partial charge in [0.2, 0.25) is 0 Å². The molecule has 0 saturated heterocycles. The number of nitrogens with zero attached hydrogens (tertiary/aromatic N) is 1. The van der Waals surface area contributed by atoms with Gasteiger partial charge in [0.25, 0.3) is 4.33 Å². The van der Waals surface area contributed by atoms with Crippen LogP contribution in [0.2, 0.25) is 0 Å².